The molecule has 0 saturated heterocycles. The largest absolute Gasteiger partial charge is 0.387 e. The van der Waals surface area contributed by atoms with E-state index in [-0.39, 0.29) is 18.1 Å². The Morgan fingerprint density at radius 2 is 2.53 bits per heavy atom. The number of nitrogens with one attached hydrogen (secondary N) is 1. The molecule has 0 bridgehead atoms. The quantitative estimate of drug-likeness (QED) is 0.771. The van der Waals surface area contributed by atoms with Crippen molar-refractivity contribution in [3.8, 4) is 0 Å². The lowest BCUT2D eigenvalue weighted by Crippen LogP contribution is -2.42. The lowest BCUT2D eigenvalue weighted by Gasteiger charge is -2.21. The molecule has 1 atom stereocenters. The van der Waals surface area contributed by atoms with Crippen molar-refractivity contribution in [3.63, 3.8) is 0 Å². The van der Waals surface area contributed by atoms with Crippen LogP contribution >= 0.6 is 11.8 Å². The van der Waals surface area contributed by atoms with Gasteiger partial charge in [0.15, 0.2) is 5.69 Å². The van der Waals surface area contributed by atoms with Crippen LogP contribution < -0.4 is 5.32 Å². The number of hydrogen-bond donors (Lipinski definition) is 2. The number of carbonyl (C=O) groups is 1. The Morgan fingerprint density at radius 3 is 3.07 bits per heavy atom. The van der Waals surface area contributed by atoms with Crippen LogP contribution in [0.3, 0.4) is 0 Å². The van der Waals surface area contributed by atoms with Crippen LogP contribution in [0.15, 0.2) is 16.9 Å². The number of nitrogens with zero attached hydrogens (tertiary/aromatic N) is 1. The number of aromatic nitrogens is 1. The third-order valence-corrected chi connectivity index (χ3v) is 2.67. The van der Waals surface area contributed by atoms with Crippen molar-refractivity contribution in [3.05, 3.63) is 18.0 Å². The highest BCUT2D eigenvalue weighted by atomic mass is 32.2. The molecule has 0 aliphatic heterocycles. The third kappa shape index (κ3) is 3.93. The topological polar surface area (TPSA) is 75.4 Å². The first-order valence-electron chi connectivity index (χ1n) is 4.45. The van der Waals surface area contributed by atoms with Gasteiger partial charge in [-0.25, -0.2) is 0 Å². The maximum Gasteiger partial charge on any atom is 0.273 e. The van der Waals surface area contributed by atoms with Gasteiger partial charge in [-0.1, -0.05) is 5.16 Å². The number of aliphatic hydroxyl groups is 1. The minimum Gasteiger partial charge on any atom is -0.387 e. The van der Waals surface area contributed by atoms with E-state index < -0.39 is 5.60 Å². The molecule has 0 saturated carbocycles. The number of hydrogen-bond acceptors (Lipinski definition) is 5. The Labute approximate surface area is 92.2 Å². The molecule has 1 rings (SSSR count). The monoisotopic (exact) mass is 230 g/mol. The van der Waals surface area contributed by atoms with Crippen LogP contribution in [0.1, 0.15) is 17.4 Å². The van der Waals surface area contributed by atoms with E-state index in [0.29, 0.717) is 5.75 Å². The zero-order chi connectivity index (χ0) is 11.3. The van der Waals surface area contributed by atoms with E-state index in [1.165, 1.54) is 24.1 Å². The van der Waals surface area contributed by atoms with Crippen molar-refractivity contribution >= 4 is 17.7 Å². The number of carbonyl (C=O) groups excluding carboxylic acids is 1. The summed E-state index contributed by atoms with van der Waals surface area (Å²) in [5.41, 5.74) is -0.686. The molecule has 15 heavy (non-hydrogen) atoms. The summed E-state index contributed by atoms with van der Waals surface area (Å²) in [5.74, 6) is 0.219. The first-order valence-corrected chi connectivity index (χ1v) is 5.84. The van der Waals surface area contributed by atoms with E-state index in [2.05, 4.69) is 15.0 Å². The molecule has 0 aromatic carbocycles. The van der Waals surface area contributed by atoms with Gasteiger partial charge in [-0.3, -0.25) is 4.79 Å². The van der Waals surface area contributed by atoms with Crippen LogP contribution in [-0.2, 0) is 0 Å². The number of amides is 1. The van der Waals surface area contributed by atoms with Crippen molar-refractivity contribution in [2.24, 2.45) is 0 Å². The van der Waals surface area contributed by atoms with Gasteiger partial charge < -0.3 is 14.9 Å². The summed E-state index contributed by atoms with van der Waals surface area (Å²) in [4.78, 5) is 11.4. The molecule has 1 aromatic heterocycles. The SMILES string of the molecule is CSCC(C)(O)CNC(=O)c1ccon1. The van der Waals surface area contributed by atoms with E-state index in [4.69, 9.17) is 0 Å². The predicted octanol–water partition coefficient (Wildman–Crippen LogP) is 0.518. The molecule has 0 aliphatic rings. The second-order valence-electron chi connectivity index (χ2n) is 3.50. The van der Waals surface area contributed by atoms with E-state index in [0.717, 1.165) is 0 Å². The smallest absolute Gasteiger partial charge is 0.273 e. The fourth-order valence-corrected chi connectivity index (χ4v) is 1.78. The standard InChI is InChI=1S/C9H14N2O3S/c1-9(13,6-15-2)5-10-8(12)7-3-4-14-11-7/h3-4,13H,5-6H2,1-2H3,(H,10,12). The van der Waals surface area contributed by atoms with Gasteiger partial charge in [0.25, 0.3) is 5.91 Å². The molecule has 5 nitrogen and oxygen atoms in total. The van der Waals surface area contributed by atoms with E-state index in [1.807, 2.05) is 6.26 Å². The molecular weight excluding hydrogens is 216 g/mol. The Balaban J connectivity index is 2.40. The van der Waals surface area contributed by atoms with E-state index in [9.17, 15) is 9.90 Å². The van der Waals surface area contributed by atoms with Crippen molar-refractivity contribution in [2.45, 2.75) is 12.5 Å². The molecular formula is C9H14N2O3S. The second-order valence-corrected chi connectivity index (χ2v) is 4.36. The third-order valence-electron chi connectivity index (χ3n) is 1.76. The van der Waals surface area contributed by atoms with Crippen LogP contribution in [0.25, 0.3) is 0 Å². The van der Waals surface area contributed by atoms with Crippen LogP contribution in [-0.4, -0.2) is 40.3 Å². The van der Waals surface area contributed by atoms with Crippen LogP contribution in [0.5, 0.6) is 0 Å². The summed E-state index contributed by atoms with van der Waals surface area (Å²) < 4.78 is 4.54. The number of rotatable bonds is 5. The van der Waals surface area contributed by atoms with Gasteiger partial charge >= 0.3 is 0 Å². The van der Waals surface area contributed by atoms with Gasteiger partial charge in [-0.2, -0.15) is 11.8 Å². The van der Waals surface area contributed by atoms with Gasteiger partial charge in [-0.05, 0) is 13.2 Å². The summed E-state index contributed by atoms with van der Waals surface area (Å²) in [7, 11) is 0. The minimum atomic E-state index is -0.904. The second kappa shape index (κ2) is 5.18. The van der Waals surface area contributed by atoms with Crippen molar-refractivity contribution < 1.29 is 14.4 Å². The number of thioether (sulfide) groups is 1. The average Bonchev–Trinajstić information content (AvgIpc) is 2.67. The van der Waals surface area contributed by atoms with Crippen molar-refractivity contribution in [1.29, 1.82) is 0 Å². The minimum absolute atomic E-state index is 0.194. The zero-order valence-electron chi connectivity index (χ0n) is 8.69. The fraction of sp³-hybridized carbons (Fsp3) is 0.556. The van der Waals surface area contributed by atoms with Crippen LogP contribution in [0.4, 0.5) is 0 Å². The summed E-state index contributed by atoms with van der Waals surface area (Å²) in [6, 6.07) is 1.47. The molecule has 6 heteroatoms. The average molecular weight is 230 g/mol. The van der Waals surface area contributed by atoms with Gasteiger partial charge in [0.2, 0.25) is 0 Å². The van der Waals surface area contributed by atoms with Gasteiger partial charge in [0.1, 0.15) is 6.26 Å². The Morgan fingerprint density at radius 1 is 1.80 bits per heavy atom. The first kappa shape index (κ1) is 12.1. The molecule has 1 amide bonds. The summed E-state index contributed by atoms with van der Waals surface area (Å²) >= 11 is 1.52. The van der Waals surface area contributed by atoms with Crippen molar-refractivity contribution in [2.75, 3.05) is 18.6 Å². The molecule has 0 aliphatic carbocycles. The molecule has 0 radical (unpaired) electrons. The molecule has 1 heterocycles. The molecule has 84 valence electrons. The predicted molar refractivity (Wildman–Crippen MR) is 57.8 cm³/mol. The maximum atomic E-state index is 11.4. The fourth-order valence-electron chi connectivity index (χ4n) is 1.05. The summed E-state index contributed by atoms with van der Waals surface area (Å²) in [5, 5.41) is 15.9. The van der Waals surface area contributed by atoms with Crippen LogP contribution in [0, 0.1) is 0 Å². The summed E-state index contributed by atoms with van der Waals surface area (Å²) in [6.07, 6.45) is 3.23. The highest BCUT2D eigenvalue weighted by molar-refractivity contribution is 7.98. The highest BCUT2D eigenvalue weighted by Gasteiger charge is 2.21. The summed E-state index contributed by atoms with van der Waals surface area (Å²) in [6.45, 7) is 1.87. The molecule has 2 N–H and O–H groups in total. The lowest BCUT2D eigenvalue weighted by atomic mass is 10.1. The maximum absolute atomic E-state index is 11.4. The normalized spacial score (nSPS) is 14.6. The highest BCUT2D eigenvalue weighted by Crippen LogP contribution is 2.09. The lowest BCUT2D eigenvalue weighted by molar-refractivity contribution is 0.0720. The molecule has 0 spiro atoms. The molecule has 1 unspecified atom stereocenters. The van der Waals surface area contributed by atoms with Gasteiger partial charge in [0, 0.05) is 18.4 Å². The van der Waals surface area contributed by atoms with Gasteiger partial charge in [0.05, 0.1) is 5.60 Å². The Kier molecular flexibility index (Phi) is 4.16. The van der Waals surface area contributed by atoms with Gasteiger partial charge in [-0.15, -0.1) is 0 Å². The van der Waals surface area contributed by atoms with Crippen LogP contribution in [0.2, 0.25) is 0 Å². The first-order chi connectivity index (χ1) is 7.05. The Bertz CT molecular complexity index is 311. The van der Waals surface area contributed by atoms with E-state index >= 15 is 0 Å². The Hall–Kier alpha value is -1.01. The zero-order valence-corrected chi connectivity index (χ0v) is 9.50. The molecule has 0 fully saturated rings. The van der Waals surface area contributed by atoms with E-state index in [1.54, 1.807) is 6.92 Å². The molecule has 1 aromatic rings. The van der Waals surface area contributed by atoms with Crippen molar-refractivity contribution in [1.82, 2.24) is 10.5 Å².